The molecule has 6 heteroatoms. The van der Waals surface area contributed by atoms with Crippen molar-refractivity contribution in [3.8, 4) is 0 Å². The summed E-state index contributed by atoms with van der Waals surface area (Å²) in [7, 11) is 0.557. The molecular formula is C16H26N2O2S2. The second kappa shape index (κ2) is 7.34. The van der Waals surface area contributed by atoms with E-state index in [4.69, 9.17) is 0 Å². The maximum absolute atomic E-state index is 13.2. The largest absolute Gasteiger partial charge is 0.308 e. The van der Waals surface area contributed by atoms with E-state index < -0.39 is 10.0 Å². The van der Waals surface area contributed by atoms with E-state index in [9.17, 15) is 8.42 Å². The first-order valence-electron chi connectivity index (χ1n) is 7.64. The van der Waals surface area contributed by atoms with Gasteiger partial charge in [-0.2, -0.15) is 16.1 Å². The van der Waals surface area contributed by atoms with Crippen molar-refractivity contribution in [3.05, 3.63) is 29.3 Å². The highest BCUT2D eigenvalue weighted by Gasteiger charge is 2.33. The zero-order valence-corrected chi connectivity index (χ0v) is 15.5. The van der Waals surface area contributed by atoms with E-state index in [1.165, 1.54) is 0 Å². The van der Waals surface area contributed by atoms with Gasteiger partial charge in [0.25, 0.3) is 0 Å². The molecule has 1 aliphatic heterocycles. The second-order valence-corrected chi connectivity index (χ2v) is 9.24. The molecule has 1 heterocycles. The molecular weight excluding hydrogens is 316 g/mol. The molecule has 0 radical (unpaired) electrons. The van der Waals surface area contributed by atoms with Gasteiger partial charge in [0, 0.05) is 24.9 Å². The first-order valence-corrected chi connectivity index (χ1v) is 10.2. The molecule has 1 aliphatic rings. The third kappa shape index (κ3) is 4.04. The van der Waals surface area contributed by atoms with Crippen LogP contribution in [0.4, 0.5) is 0 Å². The number of nitrogens with zero attached hydrogens (tertiary/aromatic N) is 2. The first-order chi connectivity index (χ1) is 10.3. The van der Waals surface area contributed by atoms with Gasteiger partial charge in [-0.25, -0.2) is 8.42 Å². The maximum atomic E-state index is 13.2. The van der Waals surface area contributed by atoms with Gasteiger partial charge in [-0.1, -0.05) is 12.1 Å². The summed E-state index contributed by atoms with van der Waals surface area (Å²) in [6.45, 7) is 5.19. The van der Waals surface area contributed by atoms with Crippen molar-refractivity contribution in [2.24, 2.45) is 0 Å². The summed E-state index contributed by atoms with van der Waals surface area (Å²) >= 11 is 1.86. The number of thioether (sulfide) groups is 1. The molecule has 0 aromatic heterocycles. The van der Waals surface area contributed by atoms with E-state index in [-0.39, 0.29) is 6.04 Å². The molecule has 124 valence electrons. The van der Waals surface area contributed by atoms with E-state index in [0.717, 1.165) is 35.6 Å². The molecule has 0 spiro atoms. The van der Waals surface area contributed by atoms with Gasteiger partial charge in [0.05, 0.1) is 4.90 Å². The van der Waals surface area contributed by atoms with Gasteiger partial charge in [-0.05, 0) is 57.3 Å². The molecule has 1 fully saturated rings. The number of sulfonamides is 1. The van der Waals surface area contributed by atoms with Crippen molar-refractivity contribution < 1.29 is 8.42 Å². The average Bonchev–Trinajstić information content (AvgIpc) is 2.66. The van der Waals surface area contributed by atoms with Crippen LogP contribution in [0, 0.1) is 13.8 Å². The van der Waals surface area contributed by atoms with Crippen LogP contribution in [0.1, 0.15) is 17.5 Å². The minimum atomic E-state index is -3.44. The van der Waals surface area contributed by atoms with Crippen molar-refractivity contribution in [2.45, 2.75) is 31.2 Å². The molecule has 2 rings (SSSR count). The van der Waals surface area contributed by atoms with Crippen LogP contribution in [0.3, 0.4) is 0 Å². The van der Waals surface area contributed by atoms with Gasteiger partial charge in [0.1, 0.15) is 0 Å². The lowest BCUT2D eigenvalue weighted by molar-refractivity contribution is 0.271. The lowest BCUT2D eigenvalue weighted by Gasteiger charge is -2.31. The summed E-state index contributed by atoms with van der Waals surface area (Å²) < 4.78 is 28.1. The Hall–Kier alpha value is -0.560. The first kappa shape index (κ1) is 17.8. The number of benzene rings is 1. The van der Waals surface area contributed by atoms with E-state index in [0.29, 0.717) is 11.4 Å². The fraction of sp³-hybridized carbons (Fsp3) is 0.625. The fourth-order valence-corrected chi connectivity index (χ4v) is 5.92. The van der Waals surface area contributed by atoms with Gasteiger partial charge in [0.2, 0.25) is 10.0 Å². The quantitative estimate of drug-likeness (QED) is 0.842. The SMILES string of the molecule is Cc1ccc(C)c(S(=O)(=O)N2CCCSCC2CN(C)C)c1. The number of aryl methyl sites for hydroxylation is 2. The van der Waals surface area contributed by atoms with Gasteiger partial charge in [-0.15, -0.1) is 0 Å². The molecule has 0 aliphatic carbocycles. The minimum Gasteiger partial charge on any atom is -0.308 e. The van der Waals surface area contributed by atoms with Crippen LogP contribution in [0.2, 0.25) is 0 Å². The van der Waals surface area contributed by atoms with Crippen LogP contribution < -0.4 is 0 Å². The van der Waals surface area contributed by atoms with E-state index >= 15 is 0 Å². The van der Waals surface area contributed by atoms with Crippen LogP contribution in [-0.4, -0.2) is 62.4 Å². The monoisotopic (exact) mass is 342 g/mol. The summed E-state index contributed by atoms with van der Waals surface area (Å²) in [5, 5.41) is 0. The van der Waals surface area contributed by atoms with Crippen LogP contribution in [0.25, 0.3) is 0 Å². The van der Waals surface area contributed by atoms with Crippen molar-refractivity contribution >= 4 is 21.8 Å². The Kier molecular flexibility index (Phi) is 5.94. The Labute approximate surface area is 138 Å². The lowest BCUT2D eigenvalue weighted by atomic mass is 10.2. The number of hydrogen-bond acceptors (Lipinski definition) is 4. The smallest absolute Gasteiger partial charge is 0.243 e. The van der Waals surface area contributed by atoms with Crippen molar-refractivity contribution in [2.75, 3.05) is 38.7 Å². The summed E-state index contributed by atoms with van der Waals surface area (Å²) in [4.78, 5) is 2.53. The molecule has 22 heavy (non-hydrogen) atoms. The van der Waals surface area contributed by atoms with Gasteiger partial charge in [0.15, 0.2) is 0 Å². The zero-order chi connectivity index (χ0) is 16.3. The topological polar surface area (TPSA) is 40.6 Å². The van der Waals surface area contributed by atoms with Crippen molar-refractivity contribution in [1.29, 1.82) is 0 Å². The third-order valence-electron chi connectivity index (χ3n) is 3.89. The third-order valence-corrected chi connectivity index (χ3v) is 7.18. The predicted molar refractivity (Wildman–Crippen MR) is 94.1 cm³/mol. The summed E-state index contributed by atoms with van der Waals surface area (Å²) in [5.74, 6) is 1.89. The molecule has 1 unspecified atom stereocenters. The molecule has 4 nitrogen and oxygen atoms in total. The highest BCUT2D eigenvalue weighted by Crippen LogP contribution is 2.27. The molecule has 1 atom stereocenters. The molecule has 0 amide bonds. The standard InChI is InChI=1S/C16H26N2O2S2/c1-13-6-7-14(2)16(10-13)22(19,20)18-8-5-9-21-12-15(18)11-17(3)4/h6-7,10,15H,5,8-9,11-12H2,1-4H3. The summed E-state index contributed by atoms with van der Waals surface area (Å²) in [6.07, 6.45) is 0.915. The molecule has 0 N–H and O–H groups in total. The molecule has 1 aromatic carbocycles. The highest BCUT2D eigenvalue weighted by atomic mass is 32.2. The van der Waals surface area contributed by atoms with E-state index in [1.807, 2.05) is 51.8 Å². The maximum Gasteiger partial charge on any atom is 0.243 e. The van der Waals surface area contributed by atoms with Crippen LogP contribution in [0.5, 0.6) is 0 Å². The van der Waals surface area contributed by atoms with Crippen LogP contribution >= 0.6 is 11.8 Å². The summed E-state index contributed by atoms with van der Waals surface area (Å²) in [6, 6.07) is 5.70. The Balaban J connectivity index is 2.41. The Morgan fingerprint density at radius 1 is 1.32 bits per heavy atom. The zero-order valence-electron chi connectivity index (χ0n) is 13.9. The molecule has 1 aromatic rings. The Morgan fingerprint density at radius 3 is 2.73 bits per heavy atom. The van der Waals surface area contributed by atoms with Crippen LogP contribution in [-0.2, 0) is 10.0 Å². The fourth-order valence-electron chi connectivity index (χ4n) is 2.80. The predicted octanol–water partition coefficient (Wildman–Crippen LogP) is 2.36. The number of likely N-dealkylation sites (N-methyl/N-ethyl adjacent to an activating group) is 1. The van der Waals surface area contributed by atoms with Gasteiger partial charge in [-0.3, -0.25) is 0 Å². The molecule has 0 saturated carbocycles. The normalized spacial score (nSPS) is 21.0. The van der Waals surface area contributed by atoms with Crippen molar-refractivity contribution in [1.82, 2.24) is 9.21 Å². The highest BCUT2D eigenvalue weighted by molar-refractivity contribution is 7.99. The average molecular weight is 343 g/mol. The van der Waals surface area contributed by atoms with Gasteiger partial charge < -0.3 is 4.90 Å². The van der Waals surface area contributed by atoms with Gasteiger partial charge >= 0.3 is 0 Å². The molecule has 1 saturated heterocycles. The summed E-state index contributed by atoms with van der Waals surface area (Å²) in [5.41, 5.74) is 1.81. The van der Waals surface area contributed by atoms with Crippen LogP contribution in [0.15, 0.2) is 23.1 Å². The van der Waals surface area contributed by atoms with E-state index in [1.54, 1.807) is 10.4 Å². The Morgan fingerprint density at radius 2 is 2.05 bits per heavy atom. The minimum absolute atomic E-state index is 0.0346. The number of rotatable bonds is 4. The number of hydrogen-bond donors (Lipinski definition) is 0. The molecule has 0 bridgehead atoms. The van der Waals surface area contributed by atoms with E-state index in [2.05, 4.69) is 4.90 Å². The second-order valence-electron chi connectivity index (χ2n) is 6.23. The van der Waals surface area contributed by atoms with Crippen molar-refractivity contribution in [3.63, 3.8) is 0 Å². The lowest BCUT2D eigenvalue weighted by Crippen LogP contribution is -2.46. The Bertz CT molecular complexity index is 615.